The average Bonchev–Trinajstić information content (AvgIpc) is 2.34. The third-order valence-corrected chi connectivity index (χ3v) is 2.00. The molecule has 0 spiro atoms. The van der Waals surface area contributed by atoms with E-state index in [9.17, 15) is 0 Å². The van der Waals surface area contributed by atoms with Crippen molar-refractivity contribution in [2.45, 2.75) is 25.9 Å². The van der Waals surface area contributed by atoms with Crippen LogP contribution >= 0.6 is 0 Å². The van der Waals surface area contributed by atoms with Gasteiger partial charge in [-0.25, -0.2) is 0 Å². The van der Waals surface area contributed by atoms with E-state index in [-0.39, 0.29) is 0 Å². The van der Waals surface area contributed by atoms with Gasteiger partial charge in [0.05, 0.1) is 6.10 Å². The second-order valence-electron chi connectivity index (χ2n) is 2.70. The van der Waals surface area contributed by atoms with Gasteiger partial charge in [-0.05, 0) is 12.3 Å². The zero-order valence-corrected chi connectivity index (χ0v) is 5.97. The summed E-state index contributed by atoms with van der Waals surface area (Å²) in [5.74, 6) is 0.776. The molecule has 0 amide bonds. The van der Waals surface area contributed by atoms with E-state index >= 15 is 0 Å². The molecule has 0 radical (unpaired) electrons. The van der Waals surface area contributed by atoms with Crippen LogP contribution in [0.1, 0.15) is 19.8 Å². The van der Waals surface area contributed by atoms with Crippen LogP contribution in [0.2, 0.25) is 0 Å². The second kappa shape index (κ2) is 3.18. The first kappa shape index (κ1) is 7.03. The van der Waals surface area contributed by atoms with Crippen molar-refractivity contribution in [1.82, 2.24) is 0 Å². The monoisotopic (exact) mass is 129 g/mol. The van der Waals surface area contributed by atoms with Gasteiger partial charge < -0.3 is 10.5 Å². The van der Waals surface area contributed by atoms with Crippen LogP contribution < -0.4 is 5.73 Å². The third-order valence-electron chi connectivity index (χ3n) is 2.00. The summed E-state index contributed by atoms with van der Waals surface area (Å²) in [5, 5.41) is 0. The molecule has 2 nitrogen and oxygen atoms in total. The average molecular weight is 129 g/mol. The van der Waals surface area contributed by atoms with Gasteiger partial charge in [0.15, 0.2) is 0 Å². The molecule has 0 aromatic heterocycles. The van der Waals surface area contributed by atoms with Gasteiger partial charge in [0.2, 0.25) is 0 Å². The van der Waals surface area contributed by atoms with Crippen LogP contribution in [0.3, 0.4) is 0 Å². The Kier molecular flexibility index (Phi) is 2.49. The second-order valence-corrected chi connectivity index (χ2v) is 2.70. The summed E-state index contributed by atoms with van der Waals surface area (Å²) in [6.45, 7) is 3.82. The molecule has 0 aromatic carbocycles. The summed E-state index contributed by atoms with van der Waals surface area (Å²) >= 11 is 0. The molecule has 2 N–H and O–H groups in total. The smallest absolute Gasteiger partial charge is 0.0700 e. The molecule has 0 aliphatic carbocycles. The van der Waals surface area contributed by atoms with E-state index in [4.69, 9.17) is 10.5 Å². The van der Waals surface area contributed by atoms with Gasteiger partial charge in [0, 0.05) is 13.2 Å². The van der Waals surface area contributed by atoms with Gasteiger partial charge >= 0.3 is 0 Å². The van der Waals surface area contributed by atoms with Crippen molar-refractivity contribution in [2.24, 2.45) is 11.7 Å². The molecule has 1 rings (SSSR count). The standard InChI is InChI=1S/C7H15NO/c1-2-6-3-7(4-8)9-5-6/h6-7H,2-5,8H2,1H3/t6-,7+/m0/s1. The van der Waals surface area contributed by atoms with Crippen molar-refractivity contribution in [3.05, 3.63) is 0 Å². The van der Waals surface area contributed by atoms with Crippen molar-refractivity contribution in [3.63, 3.8) is 0 Å². The Bertz CT molecular complexity index is 75.0. The van der Waals surface area contributed by atoms with Crippen molar-refractivity contribution in [3.8, 4) is 0 Å². The Hall–Kier alpha value is -0.0800. The zero-order chi connectivity index (χ0) is 6.69. The van der Waals surface area contributed by atoms with Crippen LogP contribution in [0.25, 0.3) is 0 Å². The summed E-state index contributed by atoms with van der Waals surface area (Å²) in [6, 6.07) is 0. The lowest BCUT2D eigenvalue weighted by molar-refractivity contribution is 0.112. The molecular formula is C7H15NO. The van der Waals surface area contributed by atoms with Crippen molar-refractivity contribution in [1.29, 1.82) is 0 Å². The molecule has 1 fully saturated rings. The first-order valence-corrected chi connectivity index (χ1v) is 3.68. The molecule has 1 saturated heterocycles. The zero-order valence-electron chi connectivity index (χ0n) is 5.97. The highest BCUT2D eigenvalue weighted by Gasteiger charge is 2.22. The third kappa shape index (κ3) is 1.66. The van der Waals surface area contributed by atoms with Gasteiger partial charge in [-0.3, -0.25) is 0 Å². The number of rotatable bonds is 2. The van der Waals surface area contributed by atoms with E-state index in [1.54, 1.807) is 0 Å². The minimum absolute atomic E-state index is 0.356. The van der Waals surface area contributed by atoms with Gasteiger partial charge in [-0.1, -0.05) is 13.3 Å². The molecule has 1 aliphatic rings. The Balaban J connectivity index is 2.20. The molecule has 0 saturated carbocycles. The van der Waals surface area contributed by atoms with E-state index in [1.807, 2.05) is 0 Å². The lowest BCUT2D eigenvalue weighted by Gasteiger charge is -2.02. The lowest BCUT2D eigenvalue weighted by Crippen LogP contribution is -2.18. The SMILES string of the molecule is CC[C@@H]1CO[C@@H](CN)C1. The quantitative estimate of drug-likeness (QED) is 0.597. The molecular weight excluding hydrogens is 114 g/mol. The predicted octanol–water partition coefficient (Wildman–Crippen LogP) is 0.760. The normalized spacial score (nSPS) is 35.3. The first-order valence-electron chi connectivity index (χ1n) is 3.68. The van der Waals surface area contributed by atoms with E-state index in [0.29, 0.717) is 12.6 Å². The Morgan fingerprint density at radius 2 is 2.44 bits per heavy atom. The topological polar surface area (TPSA) is 35.2 Å². The maximum Gasteiger partial charge on any atom is 0.0700 e. The molecule has 0 bridgehead atoms. The summed E-state index contributed by atoms with van der Waals surface area (Å²) in [6.07, 6.45) is 2.76. The van der Waals surface area contributed by atoms with E-state index < -0.39 is 0 Å². The maximum atomic E-state index is 5.43. The van der Waals surface area contributed by atoms with Crippen LogP contribution in [0.4, 0.5) is 0 Å². The lowest BCUT2D eigenvalue weighted by atomic mass is 10.0. The molecule has 9 heavy (non-hydrogen) atoms. The number of hydrogen-bond donors (Lipinski definition) is 1. The van der Waals surface area contributed by atoms with Crippen LogP contribution in [0, 0.1) is 5.92 Å². The minimum Gasteiger partial charge on any atom is -0.377 e. The molecule has 2 heteroatoms. The van der Waals surface area contributed by atoms with Crippen molar-refractivity contribution >= 4 is 0 Å². The predicted molar refractivity (Wildman–Crippen MR) is 37.2 cm³/mol. The fourth-order valence-corrected chi connectivity index (χ4v) is 1.23. The largest absolute Gasteiger partial charge is 0.377 e. The van der Waals surface area contributed by atoms with E-state index in [0.717, 1.165) is 12.5 Å². The number of hydrogen-bond acceptors (Lipinski definition) is 2. The highest BCUT2D eigenvalue weighted by atomic mass is 16.5. The van der Waals surface area contributed by atoms with Crippen LogP contribution in [0.15, 0.2) is 0 Å². The van der Waals surface area contributed by atoms with Crippen LogP contribution in [0.5, 0.6) is 0 Å². The number of ether oxygens (including phenoxy) is 1. The van der Waals surface area contributed by atoms with Gasteiger partial charge in [-0.2, -0.15) is 0 Å². The summed E-state index contributed by atoms with van der Waals surface area (Å²) in [5.41, 5.74) is 5.43. The van der Waals surface area contributed by atoms with Crippen molar-refractivity contribution in [2.75, 3.05) is 13.2 Å². The Morgan fingerprint density at radius 1 is 1.67 bits per heavy atom. The molecule has 54 valence electrons. The Morgan fingerprint density at radius 3 is 2.78 bits per heavy atom. The molecule has 0 unspecified atom stereocenters. The van der Waals surface area contributed by atoms with Crippen LogP contribution in [-0.2, 0) is 4.74 Å². The Labute approximate surface area is 56.4 Å². The van der Waals surface area contributed by atoms with Gasteiger partial charge in [-0.15, -0.1) is 0 Å². The summed E-state index contributed by atoms with van der Waals surface area (Å²) in [4.78, 5) is 0. The fraction of sp³-hybridized carbons (Fsp3) is 1.00. The minimum atomic E-state index is 0.356. The summed E-state index contributed by atoms with van der Waals surface area (Å²) in [7, 11) is 0. The van der Waals surface area contributed by atoms with E-state index in [2.05, 4.69) is 6.92 Å². The summed E-state index contributed by atoms with van der Waals surface area (Å²) < 4.78 is 5.38. The highest BCUT2D eigenvalue weighted by Crippen LogP contribution is 2.20. The fourth-order valence-electron chi connectivity index (χ4n) is 1.23. The van der Waals surface area contributed by atoms with Gasteiger partial charge in [0.25, 0.3) is 0 Å². The molecule has 1 heterocycles. The van der Waals surface area contributed by atoms with Crippen molar-refractivity contribution < 1.29 is 4.74 Å². The van der Waals surface area contributed by atoms with Gasteiger partial charge in [0.1, 0.15) is 0 Å². The first-order chi connectivity index (χ1) is 4.36. The maximum absolute atomic E-state index is 5.43. The van der Waals surface area contributed by atoms with Crippen LogP contribution in [-0.4, -0.2) is 19.3 Å². The molecule has 1 aliphatic heterocycles. The highest BCUT2D eigenvalue weighted by molar-refractivity contribution is 4.72. The van der Waals surface area contributed by atoms with E-state index in [1.165, 1.54) is 12.8 Å². The molecule has 0 aromatic rings. The number of nitrogens with two attached hydrogens (primary N) is 1. The molecule has 2 atom stereocenters.